The summed E-state index contributed by atoms with van der Waals surface area (Å²) in [6, 6.07) is 9.57. The van der Waals surface area contributed by atoms with Crippen molar-refractivity contribution in [2.75, 3.05) is 11.1 Å². The van der Waals surface area contributed by atoms with Crippen LogP contribution in [-0.4, -0.2) is 5.91 Å². The smallest absolute Gasteiger partial charge is 0.255 e. The van der Waals surface area contributed by atoms with Gasteiger partial charge in [-0.1, -0.05) is 6.07 Å². The first-order valence-electron chi connectivity index (χ1n) is 5.91. The van der Waals surface area contributed by atoms with Crippen molar-refractivity contribution < 1.29 is 9.18 Å². The van der Waals surface area contributed by atoms with Crippen LogP contribution in [0, 0.1) is 19.7 Å². The fraction of sp³-hybridized carbons (Fsp3) is 0.133. The minimum absolute atomic E-state index is 0.281. The standard InChI is InChI=1S/C15H15FN2O/c1-9-3-5-12(17)8-14(9)18-15(19)11-4-6-13(16)10(2)7-11/h3-8H,17H2,1-2H3,(H,18,19). The van der Waals surface area contributed by atoms with E-state index >= 15 is 0 Å². The van der Waals surface area contributed by atoms with E-state index in [1.165, 1.54) is 18.2 Å². The average molecular weight is 258 g/mol. The zero-order valence-corrected chi connectivity index (χ0v) is 10.8. The normalized spacial score (nSPS) is 10.3. The number of anilines is 2. The van der Waals surface area contributed by atoms with Gasteiger partial charge in [-0.3, -0.25) is 4.79 Å². The van der Waals surface area contributed by atoms with Crippen molar-refractivity contribution in [1.82, 2.24) is 0 Å². The molecule has 0 saturated carbocycles. The van der Waals surface area contributed by atoms with Crippen molar-refractivity contribution in [2.45, 2.75) is 13.8 Å². The lowest BCUT2D eigenvalue weighted by Crippen LogP contribution is -2.13. The molecule has 0 aliphatic heterocycles. The molecule has 0 radical (unpaired) electrons. The third-order valence-corrected chi connectivity index (χ3v) is 2.93. The number of aryl methyl sites for hydroxylation is 2. The predicted molar refractivity (Wildman–Crippen MR) is 74.7 cm³/mol. The zero-order valence-electron chi connectivity index (χ0n) is 10.8. The first-order valence-corrected chi connectivity index (χ1v) is 5.91. The lowest BCUT2D eigenvalue weighted by atomic mass is 10.1. The Labute approximate surface area is 111 Å². The Balaban J connectivity index is 2.25. The summed E-state index contributed by atoms with van der Waals surface area (Å²) in [5.41, 5.74) is 8.70. The second kappa shape index (κ2) is 5.10. The Morgan fingerprint density at radius 3 is 2.53 bits per heavy atom. The number of halogens is 1. The van der Waals surface area contributed by atoms with E-state index in [1.807, 2.05) is 13.0 Å². The SMILES string of the molecule is Cc1cc(C(=O)Nc2cc(N)ccc2C)ccc1F. The fourth-order valence-electron chi connectivity index (χ4n) is 1.75. The molecule has 3 nitrogen and oxygen atoms in total. The lowest BCUT2D eigenvalue weighted by molar-refractivity contribution is 0.102. The Hall–Kier alpha value is -2.36. The third-order valence-electron chi connectivity index (χ3n) is 2.93. The van der Waals surface area contributed by atoms with Gasteiger partial charge in [0.05, 0.1) is 0 Å². The first-order chi connectivity index (χ1) is 8.97. The van der Waals surface area contributed by atoms with Crippen LogP contribution >= 0.6 is 0 Å². The second-order valence-corrected chi connectivity index (χ2v) is 4.49. The van der Waals surface area contributed by atoms with Gasteiger partial charge < -0.3 is 11.1 Å². The van der Waals surface area contributed by atoms with Gasteiger partial charge in [0.15, 0.2) is 0 Å². The number of hydrogen-bond acceptors (Lipinski definition) is 2. The van der Waals surface area contributed by atoms with Crippen LogP contribution in [0.2, 0.25) is 0 Å². The topological polar surface area (TPSA) is 55.1 Å². The molecule has 0 aliphatic carbocycles. The van der Waals surface area contributed by atoms with E-state index in [-0.39, 0.29) is 11.7 Å². The van der Waals surface area contributed by atoms with Crippen LogP contribution in [0.1, 0.15) is 21.5 Å². The van der Waals surface area contributed by atoms with Crippen molar-refractivity contribution >= 4 is 17.3 Å². The highest BCUT2D eigenvalue weighted by atomic mass is 19.1. The lowest BCUT2D eigenvalue weighted by Gasteiger charge is -2.09. The molecular formula is C15H15FN2O. The largest absolute Gasteiger partial charge is 0.399 e. The fourth-order valence-corrected chi connectivity index (χ4v) is 1.75. The summed E-state index contributed by atoms with van der Waals surface area (Å²) in [7, 11) is 0. The van der Waals surface area contributed by atoms with E-state index in [2.05, 4.69) is 5.32 Å². The molecule has 0 unspecified atom stereocenters. The van der Waals surface area contributed by atoms with Gasteiger partial charge in [0, 0.05) is 16.9 Å². The quantitative estimate of drug-likeness (QED) is 0.812. The zero-order chi connectivity index (χ0) is 14.0. The molecule has 0 bridgehead atoms. The van der Waals surface area contributed by atoms with Crippen LogP contribution in [0.4, 0.5) is 15.8 Å². The molecule has 2 rings (SSSR count). The molecule has 0 spiro atoms. The number of nitrogens with two attached hydrogens (primary N) is 1. The summed E-state index contributed by atoms with van der Waals surface area (Å²) in [4.78, 5) is 12.1. The van der Waals surface area contributed by atoms with E-state index in [1.54, 1.807) is 19.1 Å². The molecule has 0 aromatic heterocycles. The second-order valence-electron chi connectivity index (χ2n) is 4.49. The predicted octanol–water partition coefficient (Wildman–Crippen LogP) is 3.28. The van der Waals surface area contributed by atoms with Gasteiger partial charge in [-0.15, -0.1) is 0 Å². The Morgan fingerprint density at radius 2 is 1.84 bits per heavy atom. The van der Waals surface area contributed by atoms with E-state index in [4.69, 9.17) is 5.73 Å². The summed E-state index contributed by atoms with van der Waals surface area (Å²) >= 11 is 0. The molecular weight excluding hydrogens is 243 g/mol. The molecule has 1 amide bonds. The molecule has 3 N–H and O–H groups in total. The Kier molecular flexibility index (Phi) is 3.51. The monoisotopic (exact) mass is 258 g/mol. The van der Waals surface area contributed by atoms with Crippen molar-refractivity contribution in [3.8, 4) is 0 Å². The average Bonchev–Trinajstić information content (AvgIpc) is 2.37. The molecule has 2 aromatic carbocycles. The van der Waals surface area contributed by atoms with Crippen molar-refractivity contribution in [3.05, 3.63) is 58.9 Å². The number of carbonyl (C=O) groups is 1. The highest BCUT2D eigenvalue weighted by Crippen LogP contribution is 2.19. The van der Waals surface area contributed by atoms with Crippen LogP contribution in [0.15, 0.2) is 36.4 Å². The van der Waals surface area contributed by atoms with E-state index in [0.717, 1.165) is 5.56 Å². The number of carbonyl (C=O) groups excluding carboxylic acids is 1. The van der Waals surface area contributed by atoms with Crippen LogP contribution in [0.3, 0.4) is 0 Å². The molecule has 19 heavy (non-hydrogen) atoms. The van der Waals surface area contributed by atoms with Crippen LogP contribution in [-0.2, 0) is 0 Å². The summed E-state index contributed by atoms with van der Waals surface area (Å²) in [6.45, 7) is 3.50. The summed E-state index contributed by atoms with van der Waals surface area (Å²) in [5, 5.41) is 2.77. The highest BCUT2D eigenvalue weighted by molar-refractivity contribution is 6.04. The summed E-state index contributed by atoms with van der Waals surface area (Å²) in [5.74, 6) is -0.603. The van der Waals surface area contributed by atoms with Crippen molar-refractivity contribution in [3.63, 3.8) is 0 Å². The molecule has 4 heteroatoms. The molecule has 98 valence electrons. The maximum absolute atomic E-state index is 13.2. The summed E-state index contributed by atoms with van der Waals surface area (Å²) < 4.78 is 13.2. The summed E-state index contributed by atoms with van der Waals surface area (Å²) in [6.07, 6.45) is 0. The molecule has 0 fully saturated rings. The number of nitrogens with one attached hydrogen (secondary N) is 1. The van der Waals surface area contributed by atoms with Crippen molar-refractivity contribution in [1.29, 1.82) is 0 Å². The minimum atomic E-state index is -0.323. The molecule has 0 atom stereocenters. The van der Waals surface area contributed by atoms with Crippen LogP contribution in [0.25, 0.3) is 0 Å². The van der Waals surface area contributed by atoms with Crippen LogP contribution < -0.4 is 11.1 Å². The molecule has 0 saturated heterocycles. The first kappa shape index (κ1) is 13.1. The Bertz CT molecular complexity index is 638. The van der Waals surface area contributed by atoms with E-state index in [9.17, 15) is 9.18 Å². The van der Waals surface area contributed by atoms with Crippen LogP contribution in [0.5, 0.6) is 0 Å². The van der Waals surface area contributed by atoms with E-state index < -0.39 is 0 Å². The highest BCUT2D eigenvalue weighted by Gasteiger charge is 2.09. The minimum Gasteiger partial charge on any atom is -0.399 e. The number of hydrogen-bond donors (Lipinski definition) is 2. The maximum atomic E-state index is 13.2. The van der Waals surface area contributed by atoms with Gasteiger partial charge in [-0.05, 0) is 55.3 Å². The number of benzene rings is 2. The van der Waals surface area contributed by atoms with Gasteiger partial charge in [0.25, 0.3) is 5.91 Å². The van der Waals surface area contributed by atoms with Gasteiger partial charge in [0.2, 0.25) is 0 Å². The maximum Gasteiger partial charge on any atom is 0.255 e. The molecule has 2 aromatic rings. The molecule has 0 heterocycles. The third kappa shape index (κ3) is 2.91. The Morgan fingerprint density at radius 1 is 1.11 bits per heavy atom. The van der Waals surface area contributed by atoms with Gasteiger partial charge in [-0.2, -0.15) is 0 Å². The number of rotatable bonds is 2. The van der Waals surface area contributed by atoms with Crippen molar-refractivity contribution in [2.24, 2.45) is 0 Å². The number of nitrogen functional groups attached to an aromatic ring is 1. The van der Waals surface area contributed by atoms with Gasteiger partial charge >= 0.3 is 0 Å². The number of amides is 1. The molecule has 0 aliphatic rings. The van der Waals surface area contributed by atoms with Gasteiger partial charge in [-0.25, -0.2) is 4.39 Å². The van der Waals surface area contributed by atoms with E-state index in [0.29, 0.717) is 22.5 Å². The van der Waals surface area contributed by atoms with Gasteiger partial charge in [0.1, 0.15) is 5.82 Å².